The minimum Gasteiger partial charge on any atom is -0.743 e. The fraction of sp³-hybridized carbons (Fsp3) is 0.357. The van der Waals surface area contributed by atoms with E-state index in [0.717, 1.165) is 46.8 Å². The van der Waals surface area contributed by atoms with Crippen LogP contribution in [0.15, 0.2) is 105 Å². The van der Waals surface area contributed by atoms with E-state index in [1.807, 2.05) is 60.7 Å². The molecule has 0 saturated heterocycles. The van der Waals surface area contributed by atoms with E-state index < -0.39 is 54.1 Å². The van der Waals surface area contributed by atoms with Crippen LogP contribution in [0.3, 0.4) is 0 Å². The largest absolute Gasteiger partial charge is 0.743 e. The van der Waals surface area contributed by atoms with Crippen LogP contribution < -0.4 is 0 Å². The Kier molecular flexibility index (Phi) is 11.0. The van der Waals surface area contributed by atoms with Crippen molar-refractivity contribution in [3.63, 3.8) is 0 Å². The van der Waals surface area contributed by atoms with E-state index >= 15 is 0 Å². The molecule has 3 aromatic rings. The van der Waals surface area contributed by atoms with E-state index in [1.165, 1.54) is 0 Å². The molecule has 1 aliphatic carbocycles. The van der Waals surface area contributed by atoms with E-state index in [1.54, 1.807) is 0 Å². The standard InChI is InChI=1S/C24H25O2S2.C4HF9O3S/c25-28(26,22-16-8-3-9-17-22)24-19-11-10-18-23(24)27(20-12-4-1-5-13-20)21-14-6-2-7-15-21;5-1(6,3(9,10)11)2(7,8)4(12,13)17(14,15)16/h1-2,4-7,10-15,18-19,22H,3,8-9,16-17H2;(H,14,15,16)/q+1;/p-1. The molecule has 0 radical (unpaired) electrons. The van der Waals surface area contributed by atoms with E-state index in [-0.39, 0.29) is 5.25 Å². The highest BCUT2D eigenvalue weighted by atomic mass is 32.2. The first kappa shape index (κ1) is 36.7. The maximum atomic E-state index is 13.6. The number of rotatable bonds is 8. The smallest absolute Gasteiger partial charge is 0.460 e. The first-order valence-corrected chi connectivity index (χ1v) is 17.2. The molecule has 45 heavy (non-hydrogen) atoms. The quantitative estimate of drug-likeness (QED) is 0.135. The Morgan fingerprint density at radius 2 is 1.02 bits per heavy atom. The van der Waals surface area contributed by atoms with Gasteiger partial charge in [-0.25, -0.2) is 16.8 Å². The summed E-state index contributed by atoms with van der Waals surface area (Å²) < 4.78 is 163. The molecule has 0 unspecified atom stereocenters. The summed E-state index contributed by atoms with van der Waals surface area (Å²) in [6, 6.07) is 28.1. The van der Waals surface area contributed by atoms with Crippen LogP contribution in [0.5, 0.6) is 0 Å². The Morgan fingerprint density at radius 1 is 0.600 bits per heavy atom. The molecule has 0 aromatic heterocycles. The predicted molar refractivity (Wildman–Crippen MR) is 146 cm³/mol. The molecule has 1 saturated carbocycles. The van der Waals surface area contributed by atoms with E-state index in [4.69, 9.17) is 0 Å². The molecule has 4 rings (SSSR count). The zero-order chi connectivity index (χ0) is 33.9. The van der Waals surface area contributed by atoms with Crippen molar-refractivity contribution in [1.29, 1.82) is 0 Å². The number of alkyl halides is 9. The van der Waals surface area contributed by atoms with Gasteiger partial charge in [0.25, 0.3) is 0 Å². The second kappa shape index (κ2) is 13.5. The Balaban J connectivity index is 0.000000281. The number of benzene rings is 3. The first-order valence-electron chi connectivity index (χ1n) is 13.0. The summed E-state index contributed by atoms with van der Waals surface area (Å²) in [5.41, 5.74) is 0. The molecule has 1 aliphatic rings. The predicted octanol–water partition coefficient (Wildman–Crippen LogP) is 7.85. The summed E-state index contributed by atoms with van der Waals surface area (Å²) in [7, 11) is -11.2. The van der Waals surface area contributed by atoms with Gasteiger partial charge in [0.1, 0.15) is 15.8 Å². The van der Waals surface area contributed by atoms with Crippen LogP contribution in [0.2, 0.25) is 0 Å². The molecule has 248 valence electrons. The Hall–Kier alpha value is -2.76. The first-order chi connectivity index (χ1) is 20.7. The topological polar surface area (TPSA) is 91.3 Å². The maximum Gasteiger partial charge on any atom is 0.460 e. The van der Waals surface area contributed by atoms with E-state index in [0.29, 0.717) is 4.90 Å². The highest BCUT2D eigenvalue weighted by Gasteiger charge is 2.83. The van der Waals surface area contributed by atoms with Crippen LogP contribution in [-0.2, 0) is 30.9 Å². The van der Waals surface area contributed by atoms with Gasteiger partial charge in [-0.15, -0.1) is 0 Å². The van der Waals surface area contributed by atoms with Crippen molar-refractivity contribution in [3.8, 4) is 0 Å². The average molecular weight is 709 g/mol. The third kappa shape index (κ3) is 7.46. The van der Waals surface area contributed by atoms with Crippen LogP contribution in [0, 0.1) is 0 Å². The summed E-state index contributed by atoms with van der Waals surface area (Å²) in [4.78, 5) is 3.70. The Morgan fingerprint density at radius 3 is 1.44 bits per heavy atom. The fourth-order valence-electron chi connectivity index (χ4n) is 4.43. The highest BCUT2D eigenvalue weighted by Crippen LogP contribution is 2.54. The highest BCUT2D eigenvalue weighted by molar-refractivity contribution is 7.98. The molecule has 5 nitrogen and oxygen atoms in total. The van der Waals surface area contributed by atoms with Crippen molar-refractivity contribution in [2.45, 2.75) is 80.2 Å². The Labute approximate surface area is 256 Å². The minimum atomic E-state index is -7.43. The maximum absolute atomic E-state index is 13.6. The van der Waals surface area contributed by atoms with Crippen LogP contribution in [0.1, 0.15) is 32.1 Å². The molecule has 3 aromatic carbocycles. The molecule has 0 N–H and O–H groups in total. The number of hydrogen-bond acceptors (Lipinski definition) is 5. The van der Waals surface area contributed by atoms with Gasteiger partial charge in [0.2, 0.25) is 0 Å². The zero-order valence-corrected chi connectivity index (χ0v) is 25.3. The zero-order valence-electron chi connectivity index (χ0n) is 22.9. The van der Waals surface area contributed by atoms with Crippen LogP contribution in [0.4, 0.5) is 39.5 Å². The summed E-state index contributed by atoms with van der Waals surface area (Å²) in [5.74, 6) is -14.8. The molecule has 0 amide bonds. The summed E-state index contributed by atoms with van der Waals surface area (Å²) in [5, 5.41) is -7.36. The lowest BCUT2D eigenvalue weighted by Crippen LogP contribution is -2.63. The summed E-state index contributed by atoms with van der Waals surface area (Å²) in [6.07, 6.45) is -2.44. The summed E-state index contributed by atoms with van der Waals surface area (Å²) >= 11 is 0. The number of sulfone groups is 1. The molecule has 17 heteroatoms. The fourth-order valence-corrected chi connectivity index (χ4v) is 9.52. The summed E-state index contributed by atoms with van der Waals surface area (Å²) in [6.45, 7) is 0. The van der Waals surface area contributed by atoms with Gasteiger partial charge in [-0.3, -0.25) is 0 Å². The lowest BCUT2D eigenvalue weighted by atomic mass is 10.0. The van der Waals surface area contributed by atoms with Gasteiger partial charge in [0, 0.05) is 0 Å². The van der Waals surface area contributed by atoms with Crippen molar-refractivity contribution in [1.82, 2.24) is 0 Å². The lowest BCUT2D eigenvalue weighted by molar-refractivity contribution is -0.382. The molecule has 0 bridgehead atoms. The second-order valence-corrected chi connectivity index (χ2v) is 15.4. The van der Waals surface area contributed by atoms with E-state index in [2.05, 4.69) is 24.3 Å². The van der Waals surface area contributed by atoms with Crippen LogP contribution in [0.25, 0.3) is 0 Å². The van der Waals surface area contributed by atoms with Crippen molar-refractivity contribution < 1.29 is 60.9 Å². The number of halogens is 9. The molecule has 0 aliphatic heterocycles. The van der Waals surface area contributed by atoms with Gasteiger partial charge < -0.3 is 4.55 Å². The Bertz CT molecular complexity index is 1600. The van der Waals surface area contributed by atoms with Crippen molar-refractivity contribution in [2.24, 2.45) is 0 Å². The molecular formula is C28H25F9O5S3. The third-order valence-electron chi connectivity index (χ3n) is 6.75. The second-order valence-electron chi connectivity index (χ2n) is 9.80. The lowest BCUT2D eigenvalue weighted by Gasteiger charge is -2.34. The molecule has 1 fully saturated rings. The molecular weight excluding hydrogens is 683 g/mol. The molecule has 0 heterocycles. The van der Waals surface area contributed by atoms with E-state index in [9.17, 15) is 60.9 Å². The van der Waals surface area contributed by atoms with Crippen molar-refractivity contribution in [2.75, 3.05) is 0 Å². The van der Waals surface area contributed by atoms with Gasteiger partial charge in [0.05, 0.1) is 5.25 Å². The van der Waals surface area contributed by atoms with Gasteiger partial charge in [-0.1, -0.05) is 67.8 Å². The molecule has 0 atom stereocenters. The minimum absolute atomic E-state index is 0.251. The van der Waals surface area contributed by atoms with Gasteiger partial charge in [0.15, 0.2) is 34.6 Å². The average Bonchev–Trinajstić information content (AvgIpc) is 2.98. The van der Waals surface area contributed by atoms with Gasteiger partial charge >= 0.3 is 23.3 Å². The SMILES string of the molecule is O=S(=O)([O-])C(F)(F)C(F)(F)C(F)(F)C(F)(F)F.O=S(=O)(c1ccccc1[S+](c1ccccc1)c1ccccc1)C1CCCCC1. The molecule has 0 spiro atoms. The van der Waals surface area contributed by atoms with Gasteiger partial charge in [-0.05, 0) is 49.2 Å². The monoisotopic (exact) mass is 708 g/mol. The van der Waals surface area contributed by atoms with Crippen molar-refractivity contribution >= 4 is 30.9 Å². The van der Waals surface area contributed by atoms with Crippen LogP contribution in [-0.4, -0.2) is 49.9 Å². The normalized spacial score (nSPS) is 15.8. The number of hydrogen-bond donors (Lipinski definition) is 0. The van der Waals surface area contributed by atoms with Crippen molar-refractivity contribution in [3.05, 3.63) is 84.9 Å². The van der Waals surface area contributed by atoms with Gasteiger partial charge in [-0.2, -0.15) is 39.5 Å². The third-order valence-corrected chi connectivity index (χ3v) is 12.4. The van der Waals surface area contributed by atoms with Crippen LogP contribution >= 0.6 is 0 Å².